The maximum atomic E-state index is 11.5. The Hall–Kier alpha value is -1.62. The van der Waals surface area contributed by atoms with E-state index >= 15 is 0 Å². The molecule has 0 saturated heterocycles. The number of ketones is 1. The van der Waals surface area contributed by atoms with Gasteiger partial charge in [0.05, 0.1) is 17.9 Å². The van der Waals surface area contributed by atoms with Crippen molar-refractivity contribution in [3.8, 4) is 6.07 Å². The van der Waals surface area contributed by atoms with E-state index in [4.69, 9.17) is 5.26 Å². The van der Waals surface area contributed by atoms with Crippen LogP contribution in [0.2, 0.25) is 0 Å². The van der Waals surface area contributed by atoms with Gasteiger partial charge in [-0.3, -0.25) is 4.79 Å². The first kappa shape index (κ1) is 10.5. The van der Waals surface area contributed by atoms with Crippen LogP contribution in [0.4, 0.5) is 0 Å². The van der Waals surface area contributed by atoms with Gasteiger partial charge >= 0.3 is 0 Å². The number of rotatable bonds is 3. The Labute approximate surface area is 84.2 Å². The molecule has 0 aliphatic rings. The largest absolute Gasteiger partial charge is 0.299 e. The van der Waals surface area contributed by atoms with Gasteiger partial charge in [-0.15, -0.1) is 0 Å². The standard InChI is InChI=1S/C12H13NO/c1-10(14)12(2,8-9-13)11-6-4-3-5-7-11/h3-7H,8H2,1-2H3. The van der Waals surface area contributed by atoms with Crippen molar-refractivity contribution >= 4 is 5.78 Å². The zero-order valence-corrected chi connectivity index (χ0v) is 8.45. The van der Waals surface area contributed by atoms with Crippen molar-refractivity contribution in [3.63, 3.8) is 0 Å². The molecular formula is C12H13NO. The van der Waals surface area contributed by atoms with Crippen molar-refractivity contribution in [3.05, 3.63) is 35.9 Å². The molecule has 0 radical (unpaired) electrons. The van der Waals surface area contributed by atoms with Gasteiger partial charge in [-0.1, -0.05) is 30.3 Å². The van der Waals surface area contributed by atoms with Gasteiger partial charge in [0.25, 0.3) is 0 Å². The molecule has 0 fully saturated rings. The van der Waals surface area contributed by atoms with Crippen LogP contribution in [0.25, 0.3) is 0 Å². The molecule has 2 heteroatoms. The number of Topliss-reactive ketones (excluding diaryl/α,β-unsaturated/α-hetero) is 1. The Morgan fingerprint density at radius 1 is 1.43 bits per heavy atom. The second kappa shape index (κ2) is 4.06. The Bertz CT molecular complexity index is 364. The lowest BCUT2D eigenvalue weighted by molar-refractivity contribution is -0.121. The number of hydrogen-bond acceptors (Lipinski definition) is 2. The molecule has 14 heavy (non-hydrogen) atoms. The second-order valence-electron chi connectivity index (χ2n) is 3.59. The molecule has 1 atom stereocenters. The zero-order valence-electron chi connectivity index (χ0n) is 8.45. The van der Waals surface area contributed by atoms with Crippen LogP contribution in [-0.2, 0) is 10.2 Å². The number of benzene rings is 1. The zero-order chi connectivity index (χ0) is 10.6. The molecule has 0 spiro atoms. The summed E-state index contributed by atoms with van der Waals surface area (Å²) in [5, 5.41) is 8.71. The van der Waals surface area contributed by atoms with Crippen molar-refractivity contribution in [1.29, 1.82) is 5.26 Å². The van der Waals surface area contributed by atoms with Crippen LogP contribution in [0.3, 0.4) is 0 Å². The molecule has 0 amide bonds. The van der Waals surface area contributed by atoms with Gasteiger partial charge in [-0.2, -0.15) is 5.26 Å². The summed E-state index contributed by atoms with van der Waals surface area (Å²) in [6.07, 6.45) is 0.229. The quantitative estimate of drug-likeness (QED) is 0.729. The maximum Gasteiger partial charge on any atom is 0.141 e. The lowest BCUT2D eigenvalue weighted by atomic mass is 9.77. The summed E-state index contributed by atoms with van der Waals surface area (Å²) in [6, 6.07) is 11.5. The molecule has 0 N–H and O–H groups in total. The Balaban J connectivity index is 3.14. The molecule has 0 aliphatic carbocycles. The van der Waals surface area contributed by atoms with E-state index in [1.807, 2.05) is 37.3 Å². The molecule has 2 nitrogen and oxygen atoms in total. The minimum Gasteiger partial charge on any atom is -0.299 e. The smallest absolute Gasteiger partial charge is 0.141 e. The van der Waals surface area contributed by atoms with E-state index in [0.29, 0.717) is 0 Å². The first-order chi connectivity index (χ1) is 6.61. The van der Waals surface area contributed by atoms with E-state index < -0.39 is 5.41 Å². The van der Waals surface area contributed by atoms with Crippen molar-refractivity contribution in [2.24, 2.45) is 0 Å². The van der Waals surface area contributed by atoms with E-state index in [0.717, 1.165) is 5.56 Å². The summed E-state index contributed by atoms with van der Waals surface area (Å²) in [7, 11) is 0. The summed E-state index contributed by atoms with van der Waals surface area (Å²) in [5.41, 5.74) is 0.254. The molecule has 72 valence electrons. The highest BCUT2D eigenvalue weighted by Gasteiger charge is 2.31. The first-order valence-corrected chi connectivity index (χ1v) is 4.55. The first-order valence-electron chi connectivity index (χ1n) is 4.55. The predicted octanol–water partition coefficient (Wildman–Crippen LogP) is 2.45. The van der Waals surface area contributed by atoms with E-state index in [1.54, 1.807) is 0 Å². The Morgan fingerprint density at radius 2 is 2.00 bits per heavy atom. The fourth-order valence-electron chi connectivity index (χ4n) is 1.39. The van der Waals surface area contributed by atoms with Crippen molar-refractivity contribution in [1.82, 2.24) is 0 Å². The molecule has 0 heterocycles. The third-order valence-corrected chi connectivity index (χ3v) is 2.62. The monoisotopic (exact) mass is 187 g/mol. The number of carbonyl (C=O) groups excluding carboxylic acids is 1. The third kappa shape index (κ3) is 1.82. The molecule has 1 aromatic carbocycles. The Kier molecular flexibility index (Phi) is 3.03. The summed E-state index contributed by atoms with van der Waals surface area (Å²) < 4.78 is 0. The average Bonchev–Trinajstić information content (AvgIpc) is 2.19. The topological polar surface area (TPSA) is 40.9 Å². The van der Waals surface area contributed by atoms with Crippen LogP contribution in [0.1, 0.15) is 25.8 Å². The number of nitriles is 1. The maximum absolute atomic E-state index is 11.5. The van der Waals surface area contributed by atoms with Gasteiger partial charge in [-0.25, -0.2) is 0 Å². The third-order valence-electron chi connectivity index (χ3n) is 2.62. The van der Waals surface area contributed by atoms with Crippen LogP contribution in [0, 0.1) is 11.3 Å². The minimum atomic E-state index is -0.657. The van der Waals surface area contributed by atoms with Gasteiger partial charge in [-0.05, 0) is 19.4 Å². The van der Waals surface area contributed by atoms with E-state index in [-0.39, 0.29) is 12.2 Å². The van der Waals surface area contributed by atoms with Crippen LogP contribution >= 0.6 is 0 Å². The number of nitrogens with zero attached hydrogens (tertiary/aromatic N) is 1. The normalized spacial score (nSPS) is 14.1. The number of carbonyl (C=O) groups is 1. The molecule has 1 unspecified atom stereocenters. The number of hydrogen-bond donors (Lipinski definition) is 0. The molecule has 1 rings (SSSR count). The van der Waals surface area contributed by atoms with Crippen LogP contribution in [0.5, 0.6) is 0 Å². The van der Waals surface area contributed by atoms with Crippen molar-refractivity contribution < 1.29 is 4.79 Å². The minimum absolute atomic E-state index is 0.0326. The van der Waals surface area contributed by atoms with Crippen molar-refractivity contribution in [2.45, 2.75) is 25.7 Å². The highest BCUT2D eigenvalue weighted by molar-refractivity contribution is 5.87. The van der Waals surface area contributed by atoms with Gasteiger partial charge in [0.2, 0.25) is 0 Å². The van der Waals surface area contributed by atoms with Crippen LogP contribution < -0.4 is 0 Å². The molecule has 1 aromatic rings. The molecule has 0 aromatic heterocycles. The van der Waals surface area contributed by atoms with Gasteiger partial charge in [0.15, 0.2) is 0 Å². The summed E-state index contributed by atoms with van der Waals surface area (Å²) in [6.45, 7) is 3.35. The van der Waals surface area contributed by atoms with Crippen LogP contribution in [-0.4, -0.2) is 5.78 Å². The highest BCUT2D eigenvalue weighted by Crippen LogP contribution is 2.27. The summed E-state index contributed by atoms with van der Waals surface area (Å²) >= 11 is 0. The van der Waals surface area contributed by atoms with E-state index in [2.05, 4.69) is 6.07 Å². The Morgan fingerprint density at radius 3 is 2.43 bits per heavy atom. The van der Waals surface area contributed by atoms with E-state index in [1.165, 1.54) is 6.92 Å². The van der Waals surface area contributed by atoms with E-state index in [9.17, 15) is 4.79 Å². The van der Waals surface area contributed by atoms with Crippen LogP contribution in [0.15, 0.2) is 30.3 Å². The summed E-state index contributed by atoms with van der Waals surface area (Å²) in [5.74, 6) is 0.0326. The molecule has 0 aliphatic heterocycles. The highest BCUT2D eigenvalue weighted by atomic mass is 16.1. The van der Waals surface area contributed by atoms with Gasteiger partial charge in [0, 0.05) is 0 Å². The second-order valence-corrected chi connectivity index (χ2v) is 3.59. The SMILES string of the molecule is CC(=O)C(C)(CC#N)c1ccccc1. The lowest BCUT2D eigenvalue weighted by Crippen LogP contribution is -2.29. The molecule has 0 saturated carbocycles. The summed E-state index contributed by atoms with van der Waals surface area (Å²) in [4.78, 5) is 11.5. The molecular weight excluding hydrogens is 174 g/mol. The average molecular weight is 187 g/mol. The van der Waals surface area contributed by atoms with Gasteiger partial charge in [0.1, 0.15) is 5.78 Å². The molecule has 0 bridgehead atoms. The lowest BCUT2D eigenvalue weighted by Gasteiger charge is -2.23. The van der Waals surface area contributed by atoms with Crippen molar-refractivity contribution in [2.75, 3.05) is 0 Å². The van der Waals surface area contributed by atoms with Gasteiger partial charge < -0.3 is 0 Å². The predicted molar refractivity (Wildman–Crippen MR) is 54.7 cm³/mol. The fraction of sp³-hybridized carbons (Fsp3) is 0.333. The fourth-order valence-corrected chi connectivity index (χ4v) is 1.39.